The first-order valence-electron chi connectivity index (χ1n) is 13.9. The van der Waals surface area contributed by atoms with Gasteiger partial charge in [-0.05, 0) is 53.6 Å². The second kappa shape index (κ2) is 17.2. The average molecular weight is 588 g/mol. The zero-order valence-corrected chi connectivity index (χ0v) is 24.1. The number of carbonyl (C=O) groups is 1. The Bertz CT molecular complexity index is 1410. The molecule has 0 aliphatic carbocycles. The lowest BCUT2D eigenvalue weighted by Gasteiger charge is -2.12. The number of rotatable bonds is 18. The van der Waals surface area contributed by atoms with Gasteiger partial charge in [0.1, 0.15) is 5.75 Å². The predicted octanol–water partition coefficient (Wildman–Crippen LogP) is 2.96. The molecule has 4 rings (SSSR count). The Kier molecular flexibility index (Phi) is 12.4. The number of pyridine rings is 1. The van der Waals surface area contributed by atoms with E-state index in [1.807, 2.05) is 42.5 Å². The van der Waals surface area contributed by atoms with Crippen molar-refractivity contribution in [1.82, 2.24) is 25.3 Å². The van der Waals surface area contributed by atoms with Crippen LogP contribution < -0.4 is 31.7 Å². The van der Waals surface area contributed by atoms with E-state index in [1.165, 1.54) is 0 Å². The van der Waals surface area contributed by atoms with Gasteiger partial charge >= 0.3 is 0 Å². The minimum Gasteiger partial charge on any atom is -0.497 e. The van der Waals surface area contributed by atoms with E-state index in [-0.39, 0.29) is 5.91 Å². The van der Waals surface area contributed by atoms with Gasteiger partial charge < -0.3 is 41.2 Å². The SMILES string of the molecule is COc1ccc(CNc2nc(NCc3ccncc3)nc(Nc3cccc(C(=O)NCCOCCOCCN)c3)n2)cc1. The molecule has 1 amide bonds. The molecule has 13 nitrogen and oxygen atoms in total. The molecule has 2 aromatic carbocycles. The number of hydrogen-bond donors (Lipinski definition) is 5. The topological polar surface area (TPSA) is 170 Å². The minimum atomic E-state index is -0.219. The highest BCUT2D eigenvalue weighted by Crippen LogP contribution is 2.19. The highest BCUT2D eigenvalue weighted by molar-refractivity contribution is 5.95. The van der Waals surface area contributed by atoms with Crippen LogP contribution in [0, 0.1) is 0 Å². The molecule has 2 aromatic heterocycles. The number of nitrogens with two attached hydrogens (primary N) is 1. The van der Waals surface area contributed by atoms with Crippen LogP contribution in [0.4, 0.5) is 23.5 Å². The molecule has 0 spiro atoms. The van der Waals surface area contributed by atoms with E-state index in [4.69, 9.17) is 19.9 Å². The van der Waals surface area contributed by atoms with Crippen molar-refractivity contribution in [2.24, 2.45) is 5.73 Å². The van der Waals surface area contributed by atoms with Crippen LogP contribution in [0.15, 0.2) is 73.1 Å². The van der Waals surface area contributed by atoms with Crippen molar-refractivity contribution in [3.05, 3.63) is 89.7 Å². The van der Waals surface area contributed by atoms with Crippen LogP contribution in [0.25, 0.3) is 0 Å². The molecule has 6 N–H and O–H groups in total. The summed E-state index contributed by atoms with van der Waals surface area (Å²) in [6.07, 6.45) is 3.46. The standard InChI is InChI=1S/C30H37N9O4/c1-41-26-7-5-22(6-8-26)20-34-28-37-29(35-21-23-9-12-32-13-10-23)39-30(38-28)36-25-4-2-3-24(19-25)27(40)33-14-16-43-18-17-42-15-11-31/h2-10,12-13,19H,11,14-18,20-21,31H2,1H3,(H,33,40)(H3,34,35,36,37,38,39). The number of ether oxygens (including phenoxy) is 3. The van der Waals surface area contributed by atoms with E-state index < -0.39 is 0 Å². The molecule has 226 valence electrons. The Morgan fingerprint density at radius 3 is 2.12 bits per heavy atom. The van der Waals surface area contributed by atoms with Crippen molar-refractivity contribution in [3.8, 4) is 5.75 Å². The molecule has 0 unspecified atom stereocenters. The Balaban J connectivity index is 1.39. The molecule has 0 aliphatic rings. The van der Waals surface area contributed by atoms with Gasteiger partial charge in [0.2, 0.25) is 17.8 Å². The number of aromatic nitrogens is 4. The first kappa shape index (κ1) is 31.1. The molecule has 0 saturated heterocycles. The molecular formula is C30H37N9O4. The lowest BCUT2D eigenvalue weighted by molar-refractivity contribution is 0.0511. The number of benzene rings is 2. The maximum absolute atomic E-state index is 12.7. The van der Waals surface area contributed by atoms with Crippen molar-refractivity contribution in [2.45, 2.75) is 13.1 Å². The number of methoxy groups -OCH3 is 1. The summed E-state index contributed by atoms with van der Waals surface area (Å²) in [4.78, 5) is 30.4. The molecule has 2 heterocycles. The summed E-state index contributed by atoms with van der Waals surface area (Å²) in [5, 5.41) is 12.6. The first-order valence-corrected chi connectivity index (χ1v) is 13.9. The summed E-state index contributed by atoms with van der Waals surface area (Å²) in [5.74, 6) is 1.64. The summed E-state index contributed by atoms with van der Waals surface area (Å²) < 4.78 is 16.0. The maximum Gasteiger partial charge on any atom is 0.251 e. The van der Waals surface area contributed by atoms with Crippen LogP contribution in [-0.2, 0) is 22.6 Å². The second-order valence-electron chi connectivity index (χ2n) is 9.19. The summed E-state index contributed by atoms with van der Waals surface area (Å²) >= 11 is 0. The number of anilines is 4. The van der Waals surface area contributed by atoms with E-state index in [9.17, 15) is 4.79 Å². The highest BCUT2D eigenvalue weighted by Gasteiger charge is 2.10. The Hall–Kier alpha value is -4.85. The number of nitrogens with one attached hydrogen (secondary N) is 4. The molecule has 4 aromatic rings. The molecule has 43 heavy (non-hydrogen) atoms. The van der Waals surface area contributed by atoms with E-state index >= 15 is 0 Å². The minimum absolute atomic E-state index is 0.219. The fraction of sp³-hybridized carbons (Fsp3) is 0.300. The summed E-state index contributed by atoms with van der Waals surface area (Å²) in [5.41, 5.74) is 8.58. The van der Waals surface area contributed by atoms with Gasteiger partial charge in [0.25, 0.3) is 5.91 Å². The van der Waals surface area contributed by atoms with Gasteiger partial charge in [0, 0.05) is 49.8 Å². The third-order valence-corrected chi connectivity index (χ3v) is 5.99. The fourth-order valence-electron chi connectivity index (χ4n) is 3.81. The summed E-state index contributed by atoms with van der Waals surface area (Å²) in [7, 11) is 1.63. The van der Waals surface area contributed by atoms with Crippen LogP contribution in [0.5, 0.6) is 5.75 Å². The van der Waals surface area contributed by atoms with E-state index in [1.54, 1.807) is 37.7 Å². The quantitative estimate of drug-likeness (QED) is 0.108. The van der Waals surface area contributed by atoms with Crippen LogP contribution in [0.3, 0.4) is 0 Å². The van der Waals surface area contributed by atoms with Crippen molar-refractivity contribution >= 4 is 29.4 Å². The third-order valence-electron chi connectivity index (χ3n) is 5.99. The number of carbonyl (C=O) groups excluding carboxylic acids is 1. The van der Waals surface area contributed by atoms with Gasteiger partial charge in [0.05, 0.1) is 33.5 Å². The van der Waals surface area contributed by atoms with Crippen LogP contribution >= 0.6 is 0 Å². The second-order valence-corrected chi connectivity index (χ2v) is 9.19. The normalized spacial score (nSPS) is 10.7. The smallest absolute Gasteiger partial charge is 0.251 e. The van der Waals surface area contributed by atoms with E-state index in [0.29, 0.717) is 81.7 Å². The molecule has 13 heteroatoms. The molecule has 0 radical (unpaired) electrons. The Morgan fingerprint density at radius 1 is 0.791 bits per heavy atom. The zero-order chi connectivity index (χ0) is 30.1. The number of nitrogens with zero attached hydrogens (tertiary/aromatic N) is 4. The Morgan fingerprint density at radius 2 is 1.44 bits per heavy atom. The van der Waals surface area contributed by atoms with Gasteiger partial charge in [-0.25, -0.2) is 0 Å². The molecular weight excluding hydrogens is 550 g/mol. The third kappa shape index (κ3) is 10.8. The highest BCUT2D eigenvalue weighted by atomic mass is 16.5. The van der Waals surface area contributed by atoms with Crippen LogP contribution in [0.2, 0.25) is 0 Å². The van der Waals surface area contributed by atoms with E-state index in [0.717, 1.165) is 16.9 Å². The number of hydrogen-bond acceptors (Lipinski definition) is 12. The van der Waals surface area contributed by atoms with Crippen molar-refractivity contribution < 1.29 is 19.0 Å². The fourth-order valence-corrected chi connectivity index (χ4v) is 3.81. The van der Waals surface area contributed by atoms with Gasteiger partial charge in [-0.2, -0.15) is 15.0 Å². The van der Waals surface area contributed by atoms with Crippen molar-refractivity contribution in [2.75, 3.05) is 62.6 Å². The predicted molar refractivity (Wildman–Crippen MR) is 164 cm³/mol. The zero-order valence-electron chi connectivity index (χ0n) is 24.1. The lowest BCUT2D eigenvalue weighted by Crippen LogP contribution is -2.27. The first-order chi connectivity index (χ1) is 21.1. The van der Waals surface area contributed by atoms with Gasteiger partial charge in [-0.1, -0.05) is 18.2 Å². The lowest BCUT2D eigenvalue weighted by atomic mass is 10.2. The Labute approximate surface area is 250 Å². The largest absolute Gasteiger partial charge is 0.497 e. The van der Waals surface area contributed by atoms with Gasteiger partial charge in [-0.15, -0.1) is 0 Å². The average Bonchev–Trinajstić information content (AvgIpc) is 3.05. The monoisotopic (exact) mass is 587 g/mol. The van der Waals surface area contributed by atoms with Crippen molar-refractivity contribution in [1.29, 1.82) is 0 Å². The molecule has 0 saturated carbocycles. The number of amides is 1. The molecule has 0 fully saturated rings. The van der Waals surface area contributed by atoms with Crippen LogP contribution in [-0.4, -0.2) is 72.5 Å². The van der Waals surface area contributed by atoms with E-state index in [2.05, 4.69) is 41.2 Å². The molecule has 0 aliphatic heterocycles. The summed E-state index contributed by atoms with van der Waals surface area (Å²) in [6, 6.07) is 18.6. The molecule has 0 atom stereocenters. The van der Waals surface area contributed by atoms with Crippen molar-refractivity contribution in [3.63, 3.8) is 0 Å². The molecule has 0 bridgehead atoms. The summed E-state index contributed by atoms with van der Waals surface area (Å²) in [6.45, 7) is 3.64. The van der Waals surface area contributed by atoms with Gasteiger partial charge in [-0.3, -0.25) is 9.78 Å². The van der Waals surface area contributed by atoms with Crippen LogP contribution in [0.1, 0.15) is 21.5 Å². The van der Waals surface area contributed by atoms with Gasteiger partial charge in [0.15, 0.2) is 0 Å². The maximum atomic E-state index is 12.7.